The Morgan fingerprint density at radius 2 is 2.07 bits per heavy atom. The van der Waals surface area contributed by atoms with Gasteiger partial charge in [-0.05, 0) is 63.2 Å². The molecule has 6 heteroatoms. The molecule has 0 aromatic carbocycles. The summed E-state index contributed by atoms with van der Waals surface area (Å²) in [4.78, 5) is 15.8. The number of carbonyl (C=O) groups is 1. The van der Waals surface area contributed by atoms with Crippen LogP contribution in [0.1, 0.15) is 33.1 Å². The van der Waals surface area contributed by atoms with Gasteiger partial charge in [0.05, 0.1) is 12.7 Å². The van der Waals surface area contributed by atoms with Crippen LogP contribution in [0, 0.1) is 11.8 Å². The minimum Gasteiger partial charge on any atom is -0.496 e. The molecular weight excluding hydrogens is 460 g/mol. The topological polar surface area (TPSA) is 41.6 Å². The van der Waals surface area contributed by atoms with Crippen LogP contribution in [0.25, 0.3) is 0 Å². The van der Waals surface area contributed by atoms with Gasteiger partial charge in [-0.3, -0.25) is 4.79 Å². The molecule has 0 aromatic heterocycles. The molecule has 0 aliphatic carbocycles. The summed E-state index contributed by atoms with van der Waals surface area (Å²) in [5.74, 6) is 1.61. The van der Waals surface area contributed by atoms with E-state index >= 15 is 0 Å². The van der Waals surface area contributed by atoms with Gasteiger partial charge in [-0.2, -0.15) is 0 Å². The van der Waals surface area contributed by atoms with Crippen LogP contribution in [0.15, 0.2) is 59.4 Å². The molecule has 1 saturated heterocycles. The molecule has 0 radical (unpaired) electrons. The molecule has 2 aliphatic rings. The van der Waals surface area contributed by atoms with Crippen LogP contribution < -0.4 is 5.32 Å². The van der Waals surface area contributed by atoms with E-state index in [1.54, 1.807) is 25.5 Å². The van der Waals surface area contributed by atoms with Crippen molar-refractivity contribution in [2.75, 3.05) is 33.5 Å². The van der Waals surface area contributed by atoms with E-state index in [0.29, 0.717) is 11.3 Å². The summed E-state index contributed by atoms with van der Waals surface area (Å²) in [7, 11) is 3.78. The zero-order valence-electron chi connectivity index (χ0n) is 19.0. The average Bonchev–Trinajstić information content (AvgIpc) is 2.75. The molecule has 2 unspecified atom stereocenters. The maximum atomic E-state index is 12.4. The summed E-state index contributed by atoms with van der Waals surface area (Å²) in [6.07, 6.45) is 17.1. The largest absolute Gasteiger partial charge is 0.496 e. The zero-order chi connectivity index (χ0) is 22.5. The number of hydrogen-bond donors (Lipinski definition) is 1. The first-order chi connectivity index (χ1) is 14.4. The Balaban J connectivity index is 0.000000414. The van der Waals surface area contributed by atoms with Crippen molar-refractivity contribution >= 4 is 33.6 Å². The minimum absolute atomic E-state index is 0.163. The number of alkyl halides is 1. The molecule has 0 aromatic rings. The van der Waals surface area contributed by atoms with Gasteiger partial charge in [-0.1, -0.05) is 61.0 Å². The number of hydrogen-bond acceptors (Lipinski definition) is 4. The lowest BCUT2D eigenvalue weighted by atomic mass is 9.95. The second kappa shape index (κ2) is 14.7. The molecule has 2 aliphatic heterocycles. The van der Waals surface area contributed by atoms with Crippen molar-refractivity contribution in [3.8, 4) is 0 Å². The summed E-state index contributed by atoms with van der Waals surface area (Å²) < 4.78 is 5.42. The van der Waals surface area contributed by atoms with E-state index in [1.165, 1.54) is 44.1 Å². The molecule has 30 heavy (non-hydrogen) atoms. The Hall–Kier alpha value is -1.24. The fraction of sp³-hybridized carbons (Fsp3) is 0.542. The number of nitrogens with one attached hydrogen (secondary N) is 1. The third-order valence-electron chi connectivity index (χ3n) is 5.39. The second-order valence-corrected chi connectivity index (χ2v) is 9.47. The molecule has 168 valence electrons. The SMILES string of the molecule is C=C/C=C(SC)/C1=C(OC)/C=C/C(Br)C(C)/C=C/NC1=O.CCC1CCN(C)CC1. The smallest absolute Gasteiger partial charge is 0.260 e. The standard InChI is InChI=1S/C16H20BrNO2S.C8H17N/c1-5-6-14(21-4)15-13(20-3)8-7-12(17)11(2)9-10-18-16(15)19;1-3-8-4-6-9(2)7-5-8/h5-12H,1H2,2-4H3,(H,18,19);8H,3-7H2,1-2H3/b8-7+,10-9+,14-6-,15-13+;. The second-order valence-electron chi connectivity index (χ2n) is 7.56. The highest BCUT2D eigenvalue weighted by atomic mass is 79.9. The Kier molecular flexibility index (Phi) is 13.1. The maximum absolute atomic E-state index is 12.4. The molecule has 2 heterocycles. The number of methoxy groups -OCH3 is 1. The quantitative estimate of drug-likeness (QED) is 0.393. The number of nitrogens with zero attached hydrogens (tertiary/aromatic N) is 1. The fourth-order valence-electron chi connectivity index (χ4n) is 3.24. The minimum atomic E-state index is -0.199. The Labute approximate surface area is 195 Å². The highest BCUT2D eigenvalue weighted by Gasteiger charge is 2.20. The van der Waals surface area contributed by atoms with Crippen molar-refractivity contribution in [2.24, 2.45) is 11.8 Å². The van der Waals surface area contributed by atoms with Gasteiger partial charge >= 0.3 is 0 Å². The van der Waals surface area contributed by atoms with E-state index in [0.717, 1.165) is 10.8 Å². The predicted octanol–water partition coefficient (Wildman–Crippen LogP) is 5.66. The van der Waals surface area contributed by atoms with Crippen LogP contribution in [0.3, 0.4) is 0 Å². The lowest BCUT2D eigenvalue weighted by Gasteiger charge is -2.27. The Bertz CT molecular complexity index is 677. The number of rotatable bonds is 5. The van der Waals surface area contributed by atoms with Crippen molar-refractivity contribution in [2.45, 2.75) is 37.9 Å². The normalized spacial score (nSPS) is 28.6. The zero-order valence-corrected chi connectivity index (χ0v) is 21.4. The third-order valence-corrected chi connectivity index (χ3v) is 7.31. The maximum Gasteiger partial charge on any atom is 0.260 e. The third kappa shape index (κ3) is 8.86. The fourth-order valence-corrected chi connectivity index (χ4v) is 4.20. The number of carbonyl (C=O) groups excluding carboxylic acids is 1. The lowest BCUT2D eigenvalue weighted by Crippen LogP contribution is -2.29. The van der Waals surface area contributed by atoms with Crippen LogP contribution in [0.5, 0.6) is 0 Å². The van der Waals surface area contributed by atoms with Gasteiger partial charge in [0.1, 0.15) is 5.76 Å². The molecule has 1 fully saturated rings. The summed E-state index contributed by atoms with van der Waals surface area (Å²) in [6.45, 7) is 10.7. The molecule has 1 N–H and O–H groups in total. The van der Waals surface area contributed by atoms with E-state index in [4.69, 9.17) is 4.74 Å². The van der Waals surface area contributed by atoms with Crippen molar-refractivity contribution in [1.29, 1.82) is 0 Å². The summed E-state index contributed by atoms with van der Waals surface area (Å²) in [5.41, 5.74) is 0.500. The first-order valence-corrected chi connectivity index (χ1v) is 12.7. The molecule has 4 nitrogen and oxygen atoms in total. The van der Waals surface area contributed by atoms with Crippen molar-refractivity contribution < 1.29 is 9.53 Å². The van der Waals surface area contributed by atoms with Gasteiger partial charge in [0, 0.05) is 15.9 Å². The van der Waals surface area contributed by atoms with Gasteiger partial charge in [-0.15, -0.1) is 11.8 Å². The summed E-state index contributed by atoms with van der Waals surface area (Å²) in [6, 6.07) is 0. The predicted molar refractivity (Wildman–Crippen MR) is 135 cm³/mol. The van der Waals surface area contributed by atoms with E-state index in [2.05, 4.69) is 53.6 Å². The number of piperidine rings is 1. The number of allylic oxidation sites excluding steroid dienone is 5. The Morgan fingerprint density at radius 1 is 1.40 bits per heavy atom. The molecule has 1 amide bonds. The van der Waals surface area contributed by atoms with Crippen LogP contribution in [-0.2, 0) is 9.53 Å². The molecule has 2 atom stereocenters. The van der Waals surface area contributed by atoms with Gasteiger partial charge in [0.25, 0.3) is 5.91 Å². The van der Waals surface area contributed by atoms with E-state index in [1.807, 2.05) is 24.5 Å². The van der Waals surface area contributed by atoms with Crippen LogP contribution in [-0.4, -0.2) is 49.1 Å². The highest BCUT2D eigenvalue weighted by Crippen LogP contribution is 2.27. The van der Waals surface area contributed by atoms with Crippen LogP contribution in [0.2, 0.25) is 0 Å². The van der Waals surface area contributed by atoms with Gasteiger partial charge in [0.2, 0.25) is 0 Å². The first-order valence-electron chi connectivity index (χ1n) is 10.5. The van der Waals surface area contributed by atoms with Gasteiger partial charge < -0.3 is 15.0 Å². The Morgan fingerprint density at radius 3 is 2.60 bits per heavy atom. The monoisotopic (exact) mass is 496 g/mol. The van der Waals surface area contributed by atoms with Crippen molar-refractivity contribution in [3.05, 3.63) is 59.4 Å². The van der Waals surface area contributed by atoms with E-state index in [-0.39, 0.29) is 16.7 Å². The van der Waals surface area contributed by atoms with Crippen LogP contribution >= 0.6 is 27.7 Å². The van der Waals surface area contributed by atoms with Gasteiger partial charge in [-0.25, -0.2) is 0 Å². The molecule has 0 saturated carbocycles. The van der Waals surface area contributed by atoms with Crippen molar-refractivity contribution in [1.82, 2.24) is 10.2 Å². The number of amides is 1. The first kappa shape index (κ1) is 26.8. The molecular formula is C24H37BrN2O2S. The van der Waals surface area contributed by atoms with E-state index < -0.39 is 0 Å². The number of ether oxygens (including phenoxy) is 1. The van der Waals surface area contributed by atoms with E-state index in [9.17, 15) is 4.79 Å². The van der Waals surface area contributed by atoms with Crippen LogP contribution in [0.4, 0.5) is 0 Å². The highest BCUT2D eigenvalue weighted by molar-refractivity contribution is 9.09. The molecule has 0 spiro atoms. The lowest BCUT2D eigenvalue weighted by molar-refractivity contribution is -0.116. The number of likely N-dealkylation sites (tertiary alicyclic amines) is 1. The summed E-state index contributed by atoms with van der Waals surface area (Å²) >= 11 is 5.09. The number of thioether (sulfide) groups is 1. The van der Waals surface area contributed by atoms with Crippen molar-refractivity contribution in [3.63, 3.8) is 0 Å². The average molecular weight is 498 g/mol. The van der Waals surface area contributed by atoms with Gasteiger partial charge in [0.15, 0.2) is 0 Å². The number of halogens is 1. The molecule has 0 bridgehead atoms. The molecule has 2 rings (SSSR count). The summed E-state index contributed by atoms with van der Waals surface area (Å²) in [5, 5.41) is 2.79.